The molecule has 0 aliphatic carbocycles. The summed E-state index contributed by atoms with van der Waals surface area (Å²) in [4.78, 5) is 47.8. The van der Waals surface area contributed by atoms with Crippen LogP contribution in [0.4, 0.5) is 0 Å². The molecule has 2 aliphatic rings. The van der Waals surface area contributed by atoms with Crippen LogP contribution in [-0.4, -0.2) is 138 Å². The standard InChI is InChI=1S/2C27H37NO6.C2H2O4/c2*1-27(2,3)34-26(29)11-13-28-12-10-19-16-24(32-6)25(33-7)17-20(19)21(28)14-18-8-9-22(30-4)23(15-18)31-5;3-1(4)2(5)6/h2*8-9,15-17,21H,10-14H2,1-7H3;(H,3,4)(H,5,6)/t2*21-;/m11./s1. The van der Waals surface area contributed by atoms with Crippen molar-refractivity contribution in [3.8, 4) is 46.0 Å². The minimum absolute atomic E-state index is 0.0593. The van der Waals surface area contributed by atoms with Crippen LogP contribution >= 0.6 is 0 Å². The number of rotatable bonds is 18. The number of nitrogens with zero attached hydrogens (tertiary/aromatic N) is 2. The largest absolute Gasteiger partial charge is 0.493 e. The van der Waals surface area contributed by atoms with Gasteiger partial charge in [0.1, 0.15) is 11.2 Å². The van der Waals surface area contributed by atoms with Crippen LogP contribution in [0.1, 0.15) is 99.8 Å². The lowest BCUT2D eigenvalue weighted by Crippen LogP contribution is -2.38. The third-order valence-electron chi connectivity index (χ3n) is 12.2. The number of carboxylic acid groups (broad SMARTS) is 2. The van der Waals surface area contributed by atoms with Gasteiger partial charge in [-0.25, -0.2) is 9.59 Å². The highest BCUT2D eigenvalue weighted by atomic mass is 16.6. The van der Waals surface area contributed by atoms with Gasteiger partial charge in [-0.05, 0) is 149 Å². The third kappa shape index (κ3) is 17.1. The lowest BCUT2D eigenvalue weighted by atomic mass is 9.88. The molecule has 0 unspecified atom stereocenters. The molecule has 0 amide bonds. The third-order valence-corrected chi connectivity index (χ3v) is 12.2. The summed E-state index contributed by atoms with van der Waals surface area (Å²) in [5, 5.41) is 14.8. The number of carboxylic acids is 2. The highest BCUT2D eigenvalue weighted by Crippen LogP contribution is 2.42. The fraction of sp³-hybridized carbons (Fsp3) is 0.500. The van der Waals surface area contributed by atoms with Gasteiger partial charge in [0.2, 0.25) is 0 Å². The fourth-order valence-electron chi connectivity index (χ4n) is 8.89. The number of methoxy groups -OCH3 is 8. The number of hydrogen-bond acceptors (Lipinski definition) is 16. The fourth-order valence-corrected chi connectivity index (χ4v) is 8.89. The van der Waals surface area contributed by atoms with Crippen molar-refractivity contribution in [1.82, 2.24) is 9.80 Å². The van der Waals surface area contributed by atoms with Crippen molar-refractivity contribution in [2.45, 2.75) is 103 Å². The Bertz CT molecular complexity index is 2360. The van der Waals surface area contributed by atoms with Gasteiger partial charge in [0.05, 0.1) is 69.7 Å². The van der Waals surface area contributed by atoms with Crippen LogP contribution in [-0.2, 0) is 54.3 Å². The van der Waals surface area contributed by atoms with E-state index >= 15 is 0 Å². The summed E-state index contributed by atoms with van der Waals surface area (Å²) >= 11 is 0. The molecule has 6 rings (SSSR count). The quantitative estimate of drug-likeness (QED) is 0.0709. The Morgan fingerprint density at radius 3 is 1.04 bits per heavy atom. The minimum atomic E-state index is -1.82. The molecule has 18 heteroatoms. The van der Waals surface area contributed by atoms with Gasteiger partial charge in [-0.15, -0.1) is 0 Å². The molecular formula is C56H76N2O16. The maximum absolute atomic E-state index is 12.4. The number of esters is 2. The number of aliphatic carboxylic acids is 2. The van der Waals surface area contributed by atoms with Crippen LogP contribution in [0.25, 0.3) is 0 Å². The van der Waals surface area contributed by atoms with E-state index in [0.717, 1.165) is 61.4 Å². The van der Waals surface area contributed by atoms with Gasteiger partial charge in [0.15, 0.2) is 46.0 Å². The molecule has 74 heavy (non-hydrogen) atoms. The molecule has 4 aromatic rings. The van der Waals surface area contributed by atoms with Gasteiger partial charge in [0, 0.05) is 38.3 Å². The first-order valence-electron chi connectivity index (χ1n) is 24.3. The first-order valence-corrected chi connectivity index (χ1v) is 24.3. The van der Waals surface area contributed by atoms with Crippen molar-refractivity contribution in [3.63, 3.8) is 0 Å². The second-order valence-corrected chi connectivity index (χ2v) is 19.5. The van der Waals surface area contributed by atoms with E-state index in [0.29, 0.717) is 60.4 Å². The van der Waals surface area contributed by atoms with E-state index in [1.54, 1.807) is 56.9 Å². The Kier molecular flexibility index (Phi) is 22.1. The monoisotopic (exact) mass is 1030 g/mol. The summed E-state index contributed by atoms with van der Waals surface area (Å²) in [5.74, 6) is 1.64. The topological polar surface area (TPSA) is 208 Å². The predicted octanol–water partition coefficient (Wildman–Crippen LogP) is 8.35. The van der Waals surface area contributed by atoms with Gasteiger partial charge >= 0.3 is 23.9 Å². The molecule has 0 saturated heterocycles. The summed E-state index contributed by atoms with van der Waals surface area (Å²) in [6.45, 7) is 14.2. The van der Waals surface area contributed by atoms with Gasteiger partial charge in [-0.2, -0.15) is 0 Å². The molecule has 18 nitrogen and oxygen atoms in total. The molecule has 0 aromatic heterocycles. The summed E-state index contributed by atoms with van der Waals surface area (Å²) in [7, 11) is 13.2. The molecule has 2 atom stereocenters. The number of benzene rings is 4. The lowest BCUT2D eigenvalue weighted by molar-refractivity contribution is -0.159. The summed E-state index contributed by atoms with van der Waals surface area (Å²) in [6, 6.07) is 20.4. The van der Waals surface area contributed by atoms with Crippen molar-refractivity contribution >= 4 is 23.9 Å². The van der Waals surface area contributed by atoms with E-state index in [1.807, 2.05) is 65.8 Å². The molecule has 2 aliphatic heterocycles. The van der Waals surface area contributed by atoms with Crippen LogP contribution in [0.15, 0.2) is 60.7 Å². The molecule has 0 bridgehead atoms. The molecule has 2 heterocycles. The molecular weight excluding hydrogens is 957 g/mol. The number of fused-ring (bicyclic) bond motifs is 2. The smallest absolute Gasteiger partial charge is 0.414 e. The van der Waals surface area contributed by atoms with E-state index in [2.05, 4.69) is 46.2 Å². The van der Waals surface area contributed by atoms with Crippen molar-refractivity contribution < 1.29 is 76.8 Å². The molecule has 0 saturated carbocycles. The van der Waals surface area contributed by atoms with E-state index in [4.69, 9.17) is 67.2 Å². The Morgan fingerprint density at radius 1 is 0.459 bits per heavy atom. The molecule has 0 fully saturated rings. The average molecular weight is 1030 g/mol. The van der Waals surface area contributed by atoms with Crippen LogP contribution < -0.4 is 37.9 Å². The second kappa shape index (κ2) is 27.4. The Balaban J connectivity index is 0.000000289. The molecule has 406 valence electrons. The van der Waals surface area contributed by atoms with E-state index in [1.165, 1.54) is 22.3 Å². The van der Waals surface area contributed by atoms with Crippen LogP contribution in [0.2, 0.25) is 0 Å². The average Bonchev–Trinajstić information content (AvgIpc) is 3.36. The second-order valence-electron chi connectivity index (χ2n) is 19.5. The Hall–Kier alpha value is -6.92. The van der Waals surface area contributed by atoms with Gasteiger partial charge < -0.3 is 57.6 Å². The summed E-state index contributed by atoms with van der Waals surface area (Å²) in [5.41, 5.74) is 6.09. The Morgan fingerprint density at radius 2 is 0.757 bits per heavy atom. The van der Waals surface area contributed by atoms with E-state index in [9.17, 15) is 9.59 Å². The normalized spacial score (nSPS) is 15.2. The highest BCUT2D eigenvalue weighted by molar-refractivity contribution is 6.27. The van der Waals surface area contributed by atoms with Crippen LogP contribution in [0, 0.1) is 0 Å². The first kappa shape index (κ1) is 59.6. The molecule has 2 N–H and O–H groups in total. The highest BCUT2D eigenvalue weighted by Gasteiger charge is 2.32. The SMILES string of the molecule is COc1ccc(C[C@@H]2c3cc(OC)c(OC)cc3CCN2CCC(=O)OC(C)(C)C)cc1OC.COc1ccc(C[C@@H]2c3cc(OC)c(OC)cc3CCN2CCC(=O)OC(C)(C)C)cc1OC.O=C(O)C(=O)O. The first-order chi connectivity index (χ1) is 35.0. The number of carbonyl (C=O) groups is 4. The minimum Gasteiger partial charge on any atom is -0.493 e. The van der Waals surface area contributed by atoms with E-state index in [-0.39, 0.29) is 24.0 Å². The van der Waals surface area contributed by atoms with Crippen molar-refractivity contribution in [1.29, 1.82) is 0 Å². The maximum atomic E-state index is 12.4. The molecule has 4 aromatic carbocycles. The molecule has 0 spiro atoms. The number of hydrogen-bond donors (Lipinski definition) is 2. The number of ether oxygens (including phenoxy) is 10. The van der Waals surface area contributed by atoms with Gasteiger partial charge in [-0.3, -0.25) is 19.4 Å². The van der Waals surface area contributed by atoms with Crippen molar-refractivity contribution in [2.24, 2.45) is 0 Å². The van der Waals surface area contributed by atoms with Gasteiger partial charge in [-0.1, -0.05) is 12.1 Å². The number of carbonyl (C=O) groups excluding carboxylic acids is 2. The maximum Gasteiger partial charge on any atom is 0.414 e. The predicted molar refractivity (Wildman–Crippen MR) is 278 cm³/mol. The zero-order valence-electron chi connectivity index (χ0n) is 45.5. The zero-order chi connectivity index (χ0) is 54.9. The molecule has 0 radical (unpaired) electrons. The van der Waals surface area contributed by atoms with Crippen molar-refractivity contribution in [2.75, 3.05) is 83.1 Å². The lowest BCUT2D eigenvalue weighted by Gasteiger charge is -2.38. The van der Waals surface area contributed by atoms with Crippen molar-refractivity contribution in [3.05, 3.63) is 94.0 Å². The summed E-state index contributed by atoms with van der Waals surface area (Å²) < 4.78 is 55.2. The summed E-state index contributed by atoms with van der Waals surface area (Å²) in [6.07, 6.45) is 3.90. The van der Waals surface area contributed by atoms with Crippen LogP contribution in [0.5, 0.6) is 46.0 Å². The Labute approximate surface area is 435 Å². The van der Waals surface area contributed by atoms with Crippen LogP contribution in [0.3, 0.4) is 0 Å². The van der Waals surface area contributed by atoms with Gasteiger partial charge in [0.25, 0.3) is 0 Å². The van der Waals surface area contributed by atoms with E-state index < -0.39 is 23.1 Å². The zero-order valence-corrected chi connectivity index (χ0v) is 45.5.